The SMILES string of the molecule is OCCCNC1CC(c2ccccc2Cl)C1. The van der Waals surface area contributed by atoms with E-state index in [0.29, 0.717) is 12.0 Å². The fraction of sp³-hybridized carbons (Fsp3) is 0.538. The second-order valence-corrected chi connectivity index (χ2v) is 4.83. The molecule has 2 nitrogen and oxygen atoms in total. The molecule has 1 aliphatic carbocycles. The highest BCUT2D eigenvalue weighted by atomic mass is 35.5. The maximum absolute atomic E-state index is 8.68. The summed E-state index contributed by atoms with van der Waals surface area (Å²) in [5.74, 6) is 0.611. The Bertz CT molecular complexity index is 336. The molecule has 0 bridgehead atoms. The van der Waals surface area contributed by atoms with Crippen LogP contribution in [0.2, 0.25) is 5.02 Å². The van der Waals surface area contributed by atoms with Crippen LogP contribution in [0, 0.1) is 0 Å². The van der Waals surface area contributed by atoms with Crippen LogP contribution in [0.25, 0.3) is 0 Å². The van der Waals surface area contributed by atoms with Gasteiger partial charge in [-0.2, -0.15) is 0 Å². The number of rotatable bonds is 5. The summed E-state index contributed by atoms with van der Waals surface area (Å²) in [6, 6.07) is 8.71. The minimum atomic E-state index is 0.271. The first-order valence-corrected chi connectivity index (χ1v) is 6.27. The molecular formula is C13H18ClNO. The van der Waals surface area contributed by atoms with Crippen LogP contribution >= 0.6 is 11.6 Å². The second kappa shape index (κ2) is 5.67. The first-order chi connectivity index (χ1) is 7.81. The molecule has 0 spiro atoms. The van der Waals surface area contributed by atoms with Crippen LogP contribution in [-0.4, -0.2) is 24.3 Å². The molecule has 0 unspecified atom stereocenters. The summed E-state index contributed by atoms with van der Waals surface area (Å²) in [5.41, 5.74) is 1.28. The quantitative estimate of drug-likeness (QED) is 0.775. The molecule has 88 valence electrons. The van der Waals surface area contributed by atoms with E-state index < -0.39 is 0 Å². The maximum atomic E-state index is 8.68. The number of benzene rings is 1. The monoisotopic (exact) mass is 239 g/mol. The average molecular weight is 240 g/mol. The molecule has 16 heavy (non-hydrogen) atoms. The highest BCUT2D eigenvalue weighted by Gasteiger charge is 2.30. The van der Waals surface area contributed by atoms with Gasteiger partial charge in [0.15, 0.2) is 0 Å². The molecule has 0 aliphatic heterocycles. The van der Waals surface area contributed by atoms with Crippen molar-refractivity contribution in [2.45, 2.75) is 31.2 Å². The lowest BCUT2D eigenvalue weighted by molar-refractivity contribution is 0.258. The minimum absolute atomic E-state index is 0.271. The maximum Gasteiger partial charge on any atom is 0.0443 e. The standard InChI is InChI=1S/C13H18ClNO/c14-13-5-2-1-4-12(13)10-8-11(9-10)15-6-3-7-16/h1-2,4-5,10-11,15-16H,3,6-9H2. The van der Waals surface area contributed by atoms with E-state index in [4.69, 9.17) is 16.7 Å². The van der Waals surface area contributed by atoms with Crippen LogP contribution in [0.1, 0.15) is 30.7 Å². The molecule has 1 fully saturated rings. The first-order valence-electron chi connectivity index (χ1n) is 5.90. The molecular weight excluding hydrogens is 222 g/mol. The third-order valence-corrected chi connectivity index (χ3v) is 3.60. The van der Waals surface area contributed by atoms with E-state index in [-0.39, 0.29) is 6.61 Å². The Hall–Kier alpha value is -0.570. The van der Waals surface area contributed by atoms with Crippen LogP contribution in [0.5, 0.6) is 0 Å². The molecule has 0 atom stereocenters. The van der Waals surface area contributed by atoms with Gasteiger partial charge < -0.3 is 10.4 Å². The highest BCUT2D eigenvalue weighted by molar-refractivity contribution is 6.31. The molecule has 0 saturated heterocycles. The Morgan fingerprint density at radius 2 is 2.06 bits per heavy atom. The van der Waals surface area contributed by atoms with Gasteiger partial charge in [0.1, 0.15) is 0 Å². The fourth-order valence-corrected chi connectivity index (χ4v) is 2.52. The average Bonchev–Trinajstić information content (AvgIpc) is 2.23. The van der Waals surface area contributed by atoms with E-state index in [0.717, 1.165) is 30.8 Å². The molecule has 1 aliphatic rings. The third-order valence-electron chi connectivity index (χ3n) is 3.25. The lowest BCUT2D eigenvalue weighted by atomic mass is 9.76. The van der Waals surface area contributed by atoms with E-state index in [2.05, 4.69) is 11.4 Å². The molecule has 0 radical (unpaired) electrons. The van der Waals surface area contributed by atoms with Gasteiger partial charge in [-0.25, -0.2) is 0 Å². The lowest BCUT2D eigenvalue weighted by Gasteiger charge is -2.36. The van der Waals surface area contributed by atoms with E-state index in [9.17, 15) is 0 Å². The number of nitrogens with one attached hydrogen (secondary N) is 1. The Labute approximate surface area is 102 Å². The zero-order valence-electron chi connectivity index (χ0n) is 9.32. The van der Waals surface area contributed by atoms with Gasteiger partial charge in [0.05, 0.1) is 0 Å². The topological polar surface area (TPSA) is 32.3 Å². The van der Waals surface area contributed by atoms with E-state index in [1.807, 2.05) is 18.2 Å². The van der Waals surface area contributed by atoms with Crippen LogP contribution in [0.15, 0.2) is 24.3 Å². The summed E-state index contributed by atoms with van der Waals surface area (Å²) < 4.78 is 0. The fourth-order valence-electron chi connectivity index (χ4n) is 2.23. The molecule has 1 aromatic rings. The predicted octanol–water partition coefficient (Wildman–Crippen LogP) is 2.56. The Morgan fingerprint density at radius 3 is 2.75 bits per heavy atom. The van der Waals surface area contributed by atoms with Crippen molar-refractivity contribution < 1.29 is 5.11 Å². The van der Waals surface area contributed by atoms with Crippen molar-refractivity contribution in [3.8, 4) is 0 Å². The number of aliphatic hydroxyl groups is 1. The van der Waals surface area contributed by atoms with Crippen molar-refractivity contribution in [3.63, 3.8) is 0 Å². The van der Waals surface area contributed by atoms with Crippen molar-refractivity contribution in [2.75, 3.05) is 13.2 Å². The van der Waals surface area contributed by atoms with Crippen LogP contribution < -0.4 is 5.32 Å². The molecule has 0 aromatic heterocycles. The zero-order valence-corrected chi connectivity index (χ0v) is 10.1. The molecule has 0 heterocycles. The largest absolute Gasteiger partial charge is 0.396 e. The third kappa shape index (κ3) is 2.76. The first kappa shape index (κ1) is 11.9. The van der Waals surface area contributed by atoms with Crippen molar-refractivity contribution in [1.29, 1.82) is 0 Å². The van der Waals surface area contributed by atoms with E-state index in [1.54, 1.807) is 0 Å². The van der Waals surface area contributed by atoms with Crippen molar-refractivity contribution >= 4 is 11.6 Å². The smallest absolute Gasteiger partial charge is 0.0443 e. The molecule has 1 saturated carbocycles. The predicted molar refractivity (Wildman–Crippen MR) is 66.9 cm³/mol. The zero-order chi connectivity index (χ0) is 11.4. The van der Waals surface area contributed by atoms with Crippen LogP contribution in [0.4, 0.5) is 0 Å². The Morgan fingerprint density at radius 1 is 1.31 bits per heavy atom. The molecule has 2 rings (SSSR count). The second-order valence-electron chi connectivity index (χ2n) is 4.42. The van der Waals surface area contributed by atoms with E-state index in [1.165, 1.54) is 5.56 Å². The van der Waals surface area contributed by atoms with Crippen LogP contribution in [-0.2, 0) is 0 Å². The lowest BCUT2D eigenvalue weighted by Crippen LogP contribution is -2.40. The molecule has 2 N–H and O–H groups in total. The highest BCUT2D eigenvalue weighted by Crippen LogP contribution is 2.39. The summed E-state index contributed by atoms with van der Waals surface area (Å²) in [6.07, 6.45) is 3.16. The van der Waals surface area contributed by atoms with Crippen molar-refractivity contribution in [1.82, 2.24) is 5.32 Å². The number of halogens is 1. The van der Waals surface area contributed by atoms with Gasteiger partial charge in [-0.3, -0.25) is 0 Å². The Kier molecular flexibility index (Phi) is 4.22. The van der Waals surface area contributed by atoms with Crippen molar-refractivity contribution in [3.05, 3.63) is 34.9 Å². The number of hydrogen-bond acceptors (Lipinski definition) is 2. The van der Waals surface area contributed by atoms with Gasteiger partial charge in [-0.15, -0.1) is 0 Å². The molecule has 3 heteroatoms. The molecule has 1 aromatic carbocycles. The van der Waals surface area contributed by atoms with Gasteiger partial charge in [0, 0.05) is 17.7 Å². The van der Waals surface area contributed by atoms with Gasteiger partial charge in [0.2, 0.25) is 0 Å². The molecule has 0 amide bonds. The van der Waals surface area contributed by atoms with Gasteiger partial charge in [-0.05, 0) is 43.4 Å². The van der Waals surface area contributed by atoms with Gasteiger partial charge >= 0.3 is 0 Å². The van der Waals surface area contributed by atoms with Crippen molar-refractivity contribution in [2.24, 2.45) is 0 Å². The normalized spacial score (nSPS) is 24.1. The summed E-state index contributed by atoms with van der Waals surface area (Å²) in [6.45, 7) is 1.18. The summed E-state index contributed by atoms with van der Waals surface area (Å²) in [5, 5.41) is 13.0. The summed E-state index contributed by atoms with van der Waals surface area (Å²) >= 11 is 6.15. The number of aliphatic hydroxyl groups excluding tert-OH is 1. The number of hydrogen-bond donors (Lipinski definition) is 2. The Balaban J connectivity index is 1.78. The van der Waals surface area contributed by atoms with Crippen LogP contribution in [0.3, 0.4) is 0 Å². The van der Waals surface area contributed by atoms with Gasteiger partial charge in [0.25, 0.3) is 0 Å². The van der Waals surface area contributed by atoms with Gasteiger partial charge in [-0.1, -0.05) is 29.8 Å². The van der Waals surface area contributed by atoms with E-state index >= 15 is 0 Å². The summed E-state index contributed by atoms with van der Waals surface area (Å²) in [7, 11) is 0. The minimum Gasteiger partial charge on any atom is -0.396 e. The summed E-state index contributed by atoms with van der Waals surface area (Å²) in [4.78, 5) is 0.